The Kier molecular flexibility index (Phi) is 4.71. The Labute approximate surface area is 144 Å². The van der Waals surface area contributed by atoms with E-state index in [1.807, 2.05) is 19.1 Å². The van der Waals surface area contributed by atoms with Crippen molar-refractivity contribution in [2.75, 3.05) is 13.1 Å². The standard InChI is InChI=1S/C18H26N2O3S/c1-13-5-6-14(2)16(11-13)24(22,23)18(8-3-4-9-18)17(21)20-15-7-10-19-12-15/h5-6,11,15,19H,3-4,7-10,12H2,1-2H3,(H,20,21). The number of nitrogens with one attached hydrogen (secondary N) is 2. The van der Waals surface area contributed by atoms with Crippen LogP contribution in [0.3, 0.4) is 0 Å². The lowest BCUT2D eigenvalue weighted by molar-refractivity contribution is -0.124. The summed E-state index contributed by atoms with van der Waals surface area (Å²) >= 11 is 0. The minimum absolute atomic E-state index is 0.0313. The predicted octanol–water partition coefficient (Wildman–Crippen LogP) is 1.87. The number of amides is 1. The van der Waals surface area contributed by atoms with Crippen LogP contribution in [0.15, 0.2) is 23.1 Å². The highest BCUT2D eigenvalue weighted by Gasteiger charge is 2.53. The molecule has 1 saturated carbocycles. The average Bonchev–Trinajstić information content (AvgIpc) is 3.21. The average molecular weight is 350 g/mol. The van der Waals surface area contributed by atoms with Crippen LogP contribution in [0.5, 0.6) is 0 Å². The fourth-order valence-electron chi connectivity index (χ4n) is 3.87. The predicted molar refractivity (Wildman–Crippen MR) is 93.7 cm³/mol. The van der Waals surface area contributed by atoms with Crippen LogP contribution in [-0.4, -0.2) is 38.2 Å². The van der Waals surface area contributed by atoms with E-state index in [1.165, 1.54) is 0 Å². The van der Waals surface area contributed by atoms with Crippen molar-refractivity contribution in [3.63, 3.8) is 0 Å². The highest BCUT2D eigenvalue weighted by atomic mass is 32.2. The summed E-state index contributed by atoms with van der Waals surface area (Å²) in [4.78, 5) is 13.3. The van der Waals surface area contributed by atoms with Crippen molar-refractivity contribution in [1.29, 1.82) is 0 Å². The number of sulfone groups is 1. The van der Waals surface area contributed by atoms with Crippen molar-refractivity contribution in [2.45, 2.75) is 61.6 Å². The number of rotatable bonds is 4. The zero-order chi connectivity index (χ0) is 17.4. The van der Waals surface area contributed by atoms with Crippen LogP contribution in [-0.2, 0) is 14.6 Å². The van der Waals surface area contributed by atoms with E-state index in [0.29, 0.717) is 29.8 Å². The van der Waals surface area contributed by atoms with Crippen LogP contribution in [0.1, 0.15) is 43.2 Å². The van der Waals surface area contributed by atoms with Gasteiger partial charge in [0, 0.05) is 12.6 Å². The van der Waals surface area contributed by atoms with E-state index in [9.17, 15) is 13.2 Å². The molecular weight excluding hydrogens is 324 g/mol. The van der Waals surface area contributed by atoms with E-state index in [0.717, 1.165) is 31.4 Å². The maximum absolute atomic E-state index is 13.5. The molecule has 0 aromatic heterocycles. The zero-order valence-electron chi connectivity index (χ0n) is 14.4. The van der Waals surface area contributed by atoms with Gasteiger partial charge in [0.1, 0.15) is 0 Å². The van der Waals surface area contributed by atoms with Crippen LogP contribution < -0.4 is 10.6 Å². The lowest BCUT2D eigenvalue weighted by atomic mass is 10.1. The van der Waals surface area contributed by atoms with Gasteiger partial charge in [-0.2, -0.15) is 0 Å². The molecule has 1 aliphatic carbocycles. The first kappa shape index (κ1) is 17.4. The molecule has 1 unspecified atom stereocenters. The SMILES string of the molecule is Cc1ccc(C)c(S(=O)(=O)C2(C(=O)NC3CCNC3)CCCC2)c1. The van der Waals surface area contributed by atoms with Gasteiger partial charge in [0.05, 0.1) is 4.90 Å². The fourth-order valence-corrected chi connectivity index (χ4v) is 6.25. The largest absolute Gasteiger partial charge is 0.351 e. The monoisotopic (exact) mass is 350 g/mol. The Balaban J connectivity index is 1.99. The molecule has 1 aromatic carbocycles. The third-order valence-corrected chi connectivity index (χ3v) is 8.01. The number of benzene rings is 1. The van der Waals surface area contributed by atoms with Crippen LogP contribution in [0.25, 0.3) is 0 Å². The van der Waals surface area contributed by atoms with Crippen LogP contribution in [0.4, 0.5) is 0 Å². The molecule has 1 saturated heterocycles. The van der Waals surface area contributed by atoms with E-state index in [1.54, 1.807) is 13.0 Å². The number of carbonyl (C=O) groups is 1. The lowest BCUT2D eigenvalue weighted by Crippen LogP contribution is -2.53. The van der Waals surface area contributed by atoms with Gasteiger partial charge in [-0.05, 0) is 56.8 Å². The van der Waals surface area contributed by atoms with Gasteiger partial charge in [-0.1, -0.05) is 25.0 Å². The maximum atomic E-state index is 13.5. The van der Waals surface area contributed by atoms with E-state index in [-0.39, 0.29) is 11.9 Å². The number of hydrogen-bond donors (Lipinski definition) is 2. The summed E-state index contributed by atoms with van der Waals surface area (Å²) in [5.74, 6) is -0.311. The molecule has 1 aliphatic heterocycles. The zero-order valence-corrected chi connectivity index (χ0v) is 15.2. The molecule has 132 valence electrons. The summed E-state index contributed by atoms with van der Waals surface area (Å²) in [5, 5.41) is 6.19. The van der Waals surface area contributed by atoms with Gasteiger partial charge in [0.25, 0.3) is 0 Å². The molecule has 0 spiro atoms. The fraction of sp³-hybridized carbons (Fsp3) is 0.611. The third-order valence-electron chi connectivity index (χ3n) is 5.37. The molecule has 1 heterocycles. The molecule has 1 amide bonds. The highest BCUT2D eigenvalue weighted by molar-refractivity contribution is 7.93. The van der Waals surface area contributed by atoms with Gasteiger partial charge in [-0.15, -0.1) is 0 Å². The van der Waals surface area contributed by atoms with Gasteiger partial charge < -0.3 is 10.6 Å². The van der Waals surface area contributed by atoms with E-state index < -0.39 is 14.6 Å². The van der Waals surface area contributed by atoms with Crippen LogP contribution >= 0.6 is 0 Å². The van der Waals surface area contributed by atoms with Gasteiger partial charge >= 0.3 is 0 Å². The molecule has 5 nitrogen and oxygen atoms in total. The second kappa shape index (κ2) is 6.48. The molecule has 1 atom stereocenters. The Morgan fingerprint density at radius 2 is 1.96 bits per heavy atom. The summed E-state index contributed by atoms with van der Waals surface area (Å²) in [6, 6.07) is 5.46. The van der Waals surface area contributed by atoms with Gasteiger partial charge in [-0.25, -0.2) is 8.42 Å². The van der Waals surface area contributed by atoms with Crippen LogP contribution in [0, 0.1) is 13.8 Å². The first-order valence-electron chi connectivity index (χ1n) is 8.70. The summed E-state index contributed by atoms with van der Waals surface area (Å²) in [6.07, 6.45) is 3.23. The molecule has 0 radical (unpaired) electrons. The van der Waals surface area contributed by atoms with Crippen molar-refractivity contribution in [3.8, 4) is 0 Å². The first-order chi connectivity index (χ1) is 11.4. The lowest BCUT2D eigenvalue weighted by Gasteiger charge is -2.30. The minimum atomic E-state index is -3.73. The molecule has 0 bridgehead atoms. The number of carbonyl (C=O) groups excluding carboxylic acids is 1. The van der Waals surface area contributed by atoms with E-state index >= 15 is 0 Å². The molecule has 2 N–H and O–H groups in total. The van der Waals surface area contributed by atoms with E-state index in [4.69, 9.17) is 0 Å². The molecule has 6 heteroatoms. The second-order valence-corrected chi connectivity index (χ2v) is 9.37. The van der Waals surface area contributed by atoms with Crippen molar-refractivity contribution in [2.24, 2.45) is 0 Å². The first-order valence-corrected chi connectivity index (χ1v) is 10.2. The number of aryl methyl sites for hydroxylation is 2. The Bertz CT molecular complexity index is 731. The molecule has 3 rings (SSSR count). The topological polar surface area (TPSA) is 75.3 Å². The van der Waals surface area contributed by atoms with Gasteiger partial charge in [-0.3, -0.25) is 4.79 Å². The second-order valence-electron chi connectivity index (χ2n) is 7.14. The van der Waals surface area contributed by atoms with Gasteiger partial charge in [0.15, 0.2) is 14.6 Å². The number of hydrogen-bond acceptors (Lipinski definition) is 4. The van der Waals surface area contributed by atoms with Crippen molar-refractivity contribution in [3.05, 3.63) is 29.3 Å². The highest BCUT2D eigenvalue weighted by Crippen LogP contribution is 2.42. The summed E-state index contributed by atoms with van der Waals surface area (Å²) in [5.41, 5.74) is 1.61. The summed E-state index contributed by atoms with van der Waals surface area (Å²) < 4.78 is 25.6. The molecule has 2 fully saturated rings. The molecule has 1 aromatic rings. The minimum Gasteiger partial charge on any atom is -0.351 e. The summed E-state index contributed by atoms with van der Waals surface area (Å²) in [7, 11) is -3.73. The van der Waals surface area contributed by atoms with Crippen LogP contribution in [0.2, 0.25) is 0 Å². The Morgan fingerprint density at radius 1 is 1.25 bits per heavy atom. The van der Waals surface area contributed by atoms with Gasteiger partial charge in [0.2, 0.25) is 5.91 Å². The summed E-state index contributed by atoms with van der Waals surface area (Å²) in [6.45, 7) is 5.25. The third kappa shape index (κ3) is 2.86. The quantitative estimate of drug-likeness (QED) is 0.869. The molecule has 2 aliphatic rings. The molecular formula is C18H26N2O3S. The van der Waals surface area contributed by atoms with E-state index in [2.05, 4.69) is 10.6 Å². The Morgan fingerprint density at radius 3 is 2.58 bits per heavy atom. The normalized spacial score (nSPS) is 23.3. The Hall–Kier alpha value is -1.40. The van der Waals surface area contributed by atoms with Crippen molar-refractivity contribution in [1.82, 2.24) is 10.6 Å². The van der Waals surface area contributed by atoms with Crippen molar-refractivity contribution >= 4 is 15.7 Å². The van der Waals surface area contributed by atoms with Crippen molar-refractivity contribution < 1.29 is 13.2 Å². The molecule has 24 heavy (non-hydrogen) atoms. The smallest absolute Gasteiger partial charge is 0.242 e. The maximum Gasteiger partial charge on any atom is 0.242 e.